The minimum atomic E-state index is -4.30. The molecule has 1 saturated carbocycles. The first kappa shape index (κ1) is 13.3. The molecule has 1 aromatic rings. The fourth-order valence-corrected chi connectivity index (χ4v) is 3.05. The minimum absolute atomic E-state index is 0.0997. The van der Waals surface area contributed by atoms with Gasteiger partial charge in [0.05, 0.1) is 21.8 Å². The first-order chi connectivity index (χ1) is 7.87. The predicted molar refractivity (Wildman–Crippen MR) is 61.5 cm³/mol. The van der Waals surface area contributed by atoms with Gasteiger partial charge in [-0.1, -0.05) is 0 Å². The summed E-state index contributed by atoms with van der Waals surface area (Å²) in [6, 6.07) is -0.874. The SMILES string of the molecule is Fc1c(Br)csc1C(CC(F)(F)F)NC1CC1. The zero-order valence-electron chi connectivity index (χ0n) is 8.65. The Morgan fingerprint density at radius 3 is 2.53 bits per heavy atom. The molecule has 7 heteroatoms. The smallest absolute Gasteiger partial charge is 0.306 e. The molecule has 17 heavy (non-hydrogen) atoms. The van der Waals surface area contributed by atoms with Gasteiger partial charge >= 0.3 is 6.18 Å². The lowest BCUT2D eigenvalue weighted by Crippen LogP contribution is -2.28. The maximum absolute atomic E-state index is 13.6. The molecule has 1 aliphatic rings. The van der Waals surface area contributed by atoms with Crippen LogP contribution in [0.25, 0.3) is 0 Å². The van der Waals surface area contributed by atoms with E-state index in [1.54, 1.807) is 0 Å². The van der Waals surface area contributed by atoms with Crippen molar-refractivity contribution in [2.24, 2.45) is 0 Å². The molecule has 0 saturated heterocycles. The molecule has 0 radical (unpaired) electrons. The Morgan fingerprint density at radius 1 is 1.47 bits per heavy atom. The second-order valence-electron chi connectivity index (χ2n) is 4.07. The molecule has 0 aliphatic heterocycles. The van der Waals surface area contributed by atoms with Crippen molar-refractivity contribution in [2.75, 3.05) is 0 Å². The van der Waals surface area contributed by atoms with Crippen LogP contribution in [0.5, 0.6) is 0 Å². The Morgan fingerprint density at radius 2 is 2.12 bits per heavy atom. The van der Waals surface area contributed by atoms with E-state index in [9.17, 15) is 17.6 Å². The first-order valence-corrected chi connectivity index (χ1v) is 6.79. The molecule has 1 unspecified atom stereocenters. The number of rotatable bonds is 4. The molecule has 1 N–H and O–H groups in total. The summed E-state index contributed by atoms with van der Waals surface area (Å²) in [4.78, 5) is 0.126. The Labute approximate surface area is 108 Å². The van der Waals surface area contributed by atoms with Gasteiger partial charge in [-0.15, -0.1) is 11.3 Å². The number of hydrogen-bond acceptors (Lipinski definition) is 2. The molecule has 96 valence electrons. The summed E-state index contributed by atoms with van der Waals surface area (Å²) >= 11 is 3.98. The van der Waals surface area contributed by atoms with E-state index in [1.807, 2.05) is 0 Å². The second kappa shape index (κ2) is 4.85. The van der Waals surface area contributed by atoms with Crippen molar-refractivity contribution in [3.8, 4) is 0 Å². The summed E-state index contributed by atoms with van der Waals surface area (Å²) in [7, 11) is 0. The number of alkyl halides is 3. The lowest BCUT2D eigenvalue weighted by atomic mass is 10.1. The van der Waals surface area contributed by atoms with Gasteiger partial charge in [-0.3, -0.25) is 0 Å². The average Bonchev–Trinajstić information content (AvgIpc) is 2.93. The van der Waals surface area contributed by atoms with Crippen LogP contribution in [-0.2, 0) is 0 Å². The van der Waals surface area contributed by atoms with Gasteiger partial charge in [-0.2, -0.15) is 13.2 Å². The van der Waals surface area contributed by atoms with Crippen LogP contribution in [0.4, 0.5) is 17.6 Å². The van der Waals surface area contributed by atoms with Gasteiger partial charge in [-0.05, 0) is 28.8 Å². The lowest BCUT2D eigenvalue weighted by Gasteiger charge is -2.19. The zero-order valence-corrected chi connectivity index (χ0v) is 11.1. The normalized spacial score (nSPS) is 18.4. The molecule has 1 heterocycles. The molecule has 2 rings (SSSR count). The third kappa shape index (κ3) is 3.66. The summed E-state index contributed by atoms with van der Waals surface area (Å²) in [5.41, 5.74) is 0. The Kier molecular flexibility index (Phi) is 3.80. The molecule has 1 atom stereocenters. The van der Waals surface area contributed by atoms with Crippen molar-refractivity contribution in [3.05, 3.63) is 20.5 Å². The molecule has 0 spiro atoms. The highest BCUT2D eigenvalue weighted by Gasteiger charge is 2.37. The van der Waals surface area contributed by atoms with Gasteiger partial charge in [0.15, 0.2) is 5.82 Å². The number of hydrogen-bond donors (Lipinski definition) is 1. The summed E-state index contributed by atoms with van der Waals surface area (Å²) in [5.74, 6) is -0.586. The van der Waals surface area contributed by atoms with E-state index in [0.717, 1.165) is 24.2 Å². The maximum Gasteiger partial charge on any atom is 0.390 e. The van der Waals surface area contributed by atoms with Crippen LogP contribution in [0.15, 0.2) is 9.85 Å². The third-order valence-electron chi connectivity index (χ3n) is 2.48. The highest BCUT2D eigenvalue weighted by Crippen LogP contribution is 2.38. The van der Waals surface area contributed by atoms with Crippen LogP contribution in [-0.4, -0.2) is 12.2 Å². The molecule has 0 bridgehead atoms. The predicted octanol–water partition coefficient (Wildman–Crippen LogP) is 4.40. The van der Waals surface area contributed by atoms with Crippen molar-refractivity contribution in [1.29, 1.82) is 0 Å². The quantitative estimate of drug-likeness (QED) is 0.806. The summed E-state index contributed by atoms with van der Waals surface area (Å²) in [6.45, 7) is 0. The fourth-order valence-electron chi connectivity index (χ4n) is 1.56. The summed E-state index contributed by atoms with van der Waals surface area (Å²) < 4.78 is 51.1. The number of halogens is 5. The molecule has 0 amide bonds. The van der Waals surface area contributed by atoms with Gasteiger partial charge in [0.1, 0.15) is 0 Å². The van der Waals surface area contributed by atoms with E-state index in [0.29, 0.717) is 0 Å². The molecule has 0 aromatic carbocycles. The van der Waals surface area contributed by atoms with Crippen LogP contribution in [0.1, 0.15) is 30.2 Å². The largest absolute Gasteiger partial charge is 0.390 e. The Bertz CT molecular complexity index is 400. The topological polar surface area (TPSA) is 12.0 Å². The van der Waals surface area contributed by atoms with E-state index in [4.69, 9.17) is 0 Å². The molecular formula is C10H10BrF4NS. The fraction of sp³-hybridized carbons (Fsp3) is 0.600. The van der Waals surface area contributed by atoms with E-state index < -0.39 is 24.5 Å². The van der Waals surface area contributed by atoms with Crippen LogP contribution in [0.3, 0.4) is 0 Å². The van der Waals surface area contributed by atoms with Crippen LogP contribution >= 0.6 is 27.3 Å². The number of nitrogens with one attached hydrogen (secondary N) is 1. The molecule has 1 fully saturated rings. The molecule has 1 aromatic heterocycles. The van der Waals surface area contributed by atoms with Crippen molar-refractivity contribution >= 4 is 27.3 Å². The molecular weight excluding hydrogens is 322 g/mol. The Hall–Kier alpha value is -0.140. The zero-order chi connectivity index (χ0) is 12.6. The van der Waals surface area contributed by atoms with Gasteiger partial charge < -0.3 is 5.32 Å². The van der Waals surface area contributed by atoms with Gasteiger partial charge in [0.2, 0.25) is 0 Å². The molecule has 1 nitrogen and oxygen atoms in total. The summed E-state index contributed by atoms with van der Waals surface area (Å²) in [6.07, 6.45) is -3.60. The highest BCUT2D eigenvalue weighted by atomic mass is 79.9. The second-order valence-corrected chi connectivity index (χ2v) is 5.84. The van der Waals surface area contributed by atoms with E-state index >= 15 is 0 Å². The average molecular weight is 332 g/mol. The van der Waals surface area contributed by atoms with E-state index in [-0.39, 0.29) is 15.4 Å². The van der Waals surface area contributed by atoms with E-state index in [1.165, 1.54) is 5.38 Å². The lowest BCUT2D eigenvalue weighted by molar-refractivity contribution is -0.140. The van der Waals surface area contributed by atoms with Crippen molar-refractivity contribution in [3.63, 3.8) is 0 Å². The van der Waals surface area contributed by atoms with Gasteiger partial charge in [0, 0.05) is 11.4 Å². The molecule has 1 aliphatic carbocycles. The number of thiophene rings is 1. The van der Waals surface area contributed by atoms with Gasteiger partial charge in [0.25, 0.3) is 0 Å². The van der Waals surface area contributed by atoms with Gasteiger partial charge in [-0.25, -0.2) is 4.39 Å². The maximum atomic E-state index is 13.6. The van der Waals surface area contributed by atoms with Crippen molar-refractivity contribution < 1.29 is 17.6 Å². The van der Waals surface area contributed by atoms with E-state index in [2.05, 4.69) is 21.2 Å². The Balaban J connectivity index is 2.16. The van der Waals surface area contributed by atoms with Crippen LogP contribution in [0, 0.1) is 5.82 Å². The van der Waals surface area contributed by atoms with Crippen LogP contribution < -0.4 is 5.32 Å². The standard InChI is InChI=1S/C10H10BrF4NS/c11-6-4-17-9(8(6)12)7(3-10(13,14)15)16-5-1-2-5/h4-5,7,16H,1-3H2. The highest BCUT2D eigenvalue weighted by molar-refractivity contribution is 9.10. The van der Waals surface area contributed by atoms with Crippen molar-refractivity contribution in [1.82, 2.24) is 5.32 Å². The third-order valence-corrected chi connectivity index (χ3v) is 4.43. The monoisotopic (exact) mass is 331 g/mol. The minimum Gasteiger partial charge on any atom is -0.306 e. The van der Waals surface area contributed by atoms with Crippen LogP contribution in [0.2, 0.25) is 0 Å². The van der Waals surface area contributed by atoms with Crippen molar-refractivity contribution in [2.45, 2.75) is 37.5 Å². The first-order valence-electron chi connectivity index (χ1n) is 5.12. The summed E-state index contributed by atoms with van der Waals surface area (Å²) in [5, 5.41) is 4.32.